The molecule has 0 radical (unpaired) electrons. The number of carbonyl (C=O) groups is 1. The second-order valence-corrected chi connectivity index (χ2v) is 6.32. The van der Waals surface area contributed by atoms with Gasteiger partial charge < -0.3 is 9.69 Å². The summed E-state index contributed by atoms with van der Waals surface area (Å²) in [5.41, 5.74) is -0.0652. The second-order valence-electron chi connectivity index (χ2n) is 5.29. The number of hydrogen-bond acceptors (Lipinski definition) is 3. The molecule has 0 atom stereocenters. The topological polar surface area (TPSA) is 20.3 Å². The highest BCUT2D eigenvalue weighted by molar-refractivity contribution is 7.09. The summed E-state index contributed by atoms with van der Waals surface area (Å²) in [6, 6.07) is 4.25. The van der Waals surface area contributed by atoms with Crippen molar-refractivity contribution in [3.8, 4) is 0 Å². The van der Waals surface area contributed by atoms with Crippen molar-refractivity contribution < 1.29 is 4.79 Å². The lowest BCUT2D eigenvalue weighted by Gasteiger charge is -2.35. The van der Waals surface area contributed by atoms with Crippen molar-refractivity contribution in [3.05, 3.63) is 22.4 Å². The van der Waals surface area contributed by atoms with Crippen molar-refractivity contribution in [2.45, 2.75) is 38.6 Å². The summed E-state index contributed by atoms with van der Waals surface area (Å²) < 4.78 is 0. The van der Waals surface area contributed by atoms with Gasteiger partial charge in [-0.15, -0.1) is 11.3 Å². The van der Waals surface area contributed by atoms with Gasteiger partial charge in [0.1, 0.15) is 6.29 Å². The molecule has 0 saturated heterocycles. The summed E-state index contributed by atoms with van der Waals surface area (Å²) >= 11 is 1.79. The van der Waals surface area contributed by atoms with Gasteiger partial charge in [-0.25, -0.2) is 0 Å². The maximum Gasteiger partial charge on any atom is 0.127 e. The largest absolute Gasteiger partial charge is 0.303 e. The number of rotatable bonds is 5. The van der Waals surface area contributed by atoms with Gasteiger partial charge in [0, 0.05) is 23.4 Å². The van der Waals surface area contributed by atoms with Crippen LogP contribution in [-0.4, -0.2) is 24.8 Å². The van der Waals surface area contributed by atoms with Gasteiger partial charge >= 0.3 is 0 Å². The first-order valence-corrected chi connectivity index (χ1v) is 7.29. The lowest BCUT2D eigenvalue weighted by molar-refractivity contribution is -0.119. The Morgan fingerprint density at radius 3 is 2.76 bits per heavy atom. The van der Waals surface area contributed by atoms with Crippen molar-refractivity contribution in [3.63, 3.8) is 0 Å². The normalized spacial score (nSPS) is 19.4. The van der Waals surface area contributed by atoms with E-state index >= 15 is 0 Å². The van der Waals surface area contributed by atoms with Crippen molar-refractivity contribution in [1.82, 2.24) is 4.90 Å². The van der Waals surface area contributed by atoms with Crippen molar-refractivity contribution in [2.24, 2.45) is 5.41 Å². The first kappa shape index (κ1) is 12.8. The fraction of sp³-hybridized carbons (Fsp3) is 0.643. The number of carbonyl (C=O) groups excluding carboxylic acids is 1. The fourth-order valence-corrected chi connectivity index (χ4v) is 3.62. The second kappa shape index (κ2) is 5.78. The highest BCUT2D eigenvalue weighted by Gasteiger charge is 2.32. The van der Waals surface area contributed by atoms with Crippen LogP contribution in [0.25, 0.3) is 0 Å². The minimum Gasteiger partial charge on any atom is -0.303 e. The molecule has 0 unspecified atom stereocenters. The van der Waals surface area contributed by atoms with Gasteiger partial charge in [0.15, 0.2) is 0 Å². The smallest absolute Gasteiger partial charge is 0.127 e. The fourth-order valence-electron chi connectivity index (χ4n) is 2.83. The van der Waals surface area contributed by atoms with Gasteiger partial charge in [0.25, 0.3) is 0 Å². The summed E-state index contributed by atoms with van der Waals surface area (Å²) in [5.74, 6) is 0. The third-order valence-corrected chi connectivity index (χ3v) is 4.55. The molecule has 3 heteroatoms. The van der Waals surface area contributed by atoms with E-state index in [9.17, 15) is 4.79 Å². The van der Waals surface area contributed by atoms with Crippen molar-refractivity contribution in [1.29, 1.82) is 0 Å². The number of aldehydes is 1. The minimum atomic E-state index is -0.0652. The van der Waals surface area contributed by atoms with E-state index in [0.29, 0.717) is 0 Å². The number of thiophene rings is 1. The Morgan fingerprint density at radius 2 is 2.18 bits per heavy atom. The Kier molecular flexibility index (Phi) is 4.35. The van der Waals surface area contributed by atoms with E-state index in [0.717, 1.165) is 25.9 Å². The highest BCUT2D eigenvalue weighted by atomic mass is 32.1. The molecule has 0 aliphatic heterocycles. The zero-order valence-corrected chi connectivity index (χ0v) is 11.3. The predicted molar refractivity (Wildman–Crippen MR) is 72.2 cm³/mol. The third-order valence-electron chi connectivity index (χ3n) is 3.69. The van der Waals surface area contributed by atoms with Crippen LogP contribution < -0.4 is 0 Å². The van der Waals surface area contributed by atoms with Crippen LogP contribution in [0.5, 0.6) is 0 Å². The molecule has 0 N–H and O–H groups in total. The summed E-state index contributed by atoms with van der Waals surface area (Å²) in [4.78, 5) is 15.1. The summed E-state index contributed by atoms with van der Waals surface area (Å²) in [7, 11) is 2.12. The molecule has 0 bridgehead atoms. The van der Waals surface area contributed by atoms with Gasteiger partial charge in [-0.2, -0.15) is 0 Å². The molecule has 1 aliphatic carbocycles. The van der Waals surface area contributed by atoms with Crippen LogP contribution in [0, 0.1) is 5.41 Å². The van der Waals surface area contributed by atoms with E-state index in [-0.39, 0.29) is 5.41 Å². The van der Waals surface area contributed by atoms with Crippen molar-refractivity contribution in [2.75, 3.05) is 13.6 Å². The van der Waals surface area contributed by atoms with E-state index in [1.54, 1.807) is 11.3 Å². The zero-order valence-electron chi connectivity index (χ0n) is 10.5. The molecular formula is C14H21NOS. The molecule has 0 spiro atoms. The average Bonchev–Trinajstić information content (AvgIpc) is 2.83. The van der Waals surface area contributed by atoms with Gasteiger partial charge in [0.05, 0.1) is 0 Å². The van der Waals surface area contributed by atoms with E-state index in [2.05, 4.69) is 29.5 Å². The van der Waals surface area contributed by atoms with Gasteiger partial charge in [-0.05, 0) is 31.3 Å². The Hall–Kier alpha value is -0.670. The van der Waals surface area contributed by atoms with Gasteiger partial charge in [-0.1, -0.05) is 25.3 Å². The van der Waals surface area contributed by atoms with Crippen LogP contribution >= 0.6 is 11.3 Å². The third kappa shape index (κ3) is 3.39. The molecule has 1 aliphatic rings. The van der Waals surface area contributed by atoms with E-state index in [4.69, 9.17) is 0 Å². The monoisotopic (exact) mass is 251 g/mol. The summed E-state index contributed by atoms with van der Waals surface area (Å²) in [6.07, 6.45) is 7.09. The molecule has 0 aromatic carbocycles. The van der Waals surface area contributed by atoms with E-state index in [1.807, 2.05) is 0 Å². The molecule has 17 heavy (non-hydrogen) atoms. The van der Waals surface area contributed by atoms with Gasteiger partial charge in [0.2, 0.25) is 0 Å². The van der Waals surface area contributed by atoms with Crippen LogP contribution in [0.4, 0.5) is 0 Å². The molecular weight excluding hydrogens is 230 g/mol. The van der Waals surface area contributed by atoms with E-state index in [1.165, 1.54) is 30.4 Å². The molecule has 2 rings (SSSR count). The zero-order chi connectivity index (χ0) is 12.1. The van der Waals surface area contributed by atoms with Crippen LogP contribution in [0.2, 0.25) is 0 Å². The average molecular weight is 251 g/mol. The molecule has 0 amide bonds. The molecule has 1 heterocycles. The Bertz CT molecular complexity index is 341. The van der Waals surface area contributed by atoms with Crippen LogP contribution in [0.1, 0.15) is 37.0 Å². The lowest BCUT2D eigenvalue weighted by atomic mass is 9.75. The Labute approximate surface area is 108 Å². The van der Waals surface area contributed by atoms with Crippen LogP contribution in [0.15, 0.2) is 17.5 Å². The molecule has 1 fully saturated rings. The van der Waals surface area contributed by atoms with Crippen molar-refractivity contribution >= 4 is 17.6 Å². The number of hydrogen-bond donors (Lipinski definition) is 0. The molecule has 1 aromatic rings. The lowest BCUT2D eigenvalue weighted by Crippen LogP contribution is -2.38. The molecule has 1 aromatic heterocycles. The summed E-state index contributed by atoms with van der Waals surface area (Å²) in [6.45, 7) is 1.88. The SMILES string of the molecule is CN(Cc1cccs1)CC1(C=O)CCCCC1. The maximum absolute atomic E-state index is 11.4. The first-order chi connectivity index (χ1) is 8.24. The first-order valence-electron chi connectivity index (χ1n) is 6.41. The quantitative estimate of drug-likeness (QED) is 0.748. The molecule has 2 nitrogen and oxygen atoms in total. The standard InChI is InChI=1S/C14H21NOS/c1-15(10-13-6-5-9-17-13)11-14(12-16)7-3-2-4-8-14/h5-6,9,12H,2-4,7-8,10-11H2,1H3. The minimum absolute atomic E-state index is 0.0652. The predicted octanol–water partition coefficient (Wildman–Crippen LogP) is 3.33. The summed E-state index contributed by atoms with van der Waals surface area (Å²) in [5, 5.41) is 2.11. The maximum atomic E-state index is 11.4. The Morgan fingerprint density at radius 1 is 1.41 bits per heavy atom. The molecule has 1 saturated carbocycles. The Balaban J connectivity index is 1.91. The molecule has 94 valence electrons. The van der Waals surface area contributed by atoms with Crippen LogP contribution in [-0.2, 0) is 11.3 Å². The van der Waals surface area contributed by atoms with Gasteiger partial charge in [-0.3, -0.25) is 0 Å². The van der Waals surface area contributed by atoms with E-state index < -0.39 is 0 Å². The number of nitrogens with zero attached hydrogens (tertiary/aromatic N) is 1. The highest BCUT2D eigenvalue weighted by Crippen LogP contribution is 2.35. The van der Waals surface area contributed by atoms with Crippen LogP contribution in [0.3, 0.4) is 0 Å².